The highest BCUT2D eigenvalue weighted by molar-refractivity contribution is 7.98. The smallest absolute Gasteiger partial charge is 0.262 e. The molecule has 3 nitrogen and oxygen atoms in total. The zero-order chi connectivity index (χ0) is 20.3. The van der Waals surface area contributed by atoms with Crippen molar-refractivity contribution in [2.75, 3.05) is 18.2 Å². The maximum atomic E-state index is 12.0. The third-order valence-electron chi connectivity index (χ3n) is 4.11. The van der Waals surface area contributed by atoms with Crippen LogP contribution in [0.25, 0.3) is 10.8 Å². The quantitative estimate of drug-likeness (QED) is 0.401. The summed E-state index contributed by atoms with van der Waals surface area (Å²) in [6, 6.07) is 33.6. The van der Waals surface area contributed by atoms with Crippen molar-refractivity contribution in [2.45, 2.75) is 4.90 Å². The number of nitrogens with one attached hydrogen (secondary N) is 1. The summed E-state index contributed by atoms with van der Waals surface area (Å²) in [7, 11) is 0. The summed E-state index contributed by atoms with van der Waals surface area (Å²) in [6.07, 6.45) is 2.00. The summed E-state index contributed by atoms with van der Waals surface area (Å²) < 4.78 is 5.59. The van der Waals surface area contributed by atoms with Crippen LogP contribution in [-0.2, 0) is 4.79 Å². The molecule has 0 aliphatic heterocycles. The second-order valence-electron chi connectivity index (χ2n) is 6.23. The SMILES string of the molecule is CSc1cccc(NC(=O)COc2ccc3ccccc3c2)c1.c1ccccc1. The van der Waals surface area contributed by atoms with Gasteiger partial charge in [0.25, 0.3) is 5.91 Å². The van der Waals surface area contributed by atoms with Crippen LogP contribution < -0.4 is 10.1 Å². The maximum absolute atomic E-state index is 12.0. The van der Waals surface area contributed by atoms with Crippen LogP contribution in [0.5, 0.6) is 5.75 Å². The molecule has 1 amide bonds. The molecule has 4 aromatic rings. The first-order valence-electron chi connectivity index (χ1n) is 9.30. The van der Waals surface area contributed by atoms with Gasteiger partial charge in [-0.15, -0.1) is 11.8 Å². The van der Waals surface area contributed by atoms with E-state index in [0.717, 1.165) is 21.4 Å². The van der Waals surface area contributed by atoms with E-state index >= 15 is 0 Å². The average molecular weight is 402 g/mol. The summed E-state index contributed by atoms with van der Waals surface area (Å²) in [5, 5.41) is 5.09. The molecule has 0 heterocycles. The fourth-order valence-electron chi connectivity index (χ4n) is 2.69. The van der Waals surface area contributed by atoms with Gasteiger partial charge in [-0.05, 0) is 47.4 Å². The minimum Gasteiger partial charge on any atom is -0.484 e. The number of fused-ring (bicyclic) bond motifs is 1. The van der Waals surface area contributed by atoms with Gasteiger partial charge >= 0.3 is 0 Å². The second kappa shape index (κ2) is 10.9. The van der Waals surface area contributed by atoms with Crippen LogP contribution in [-0.4, -0.2) is 18.8 Å². The van der Waals surface area contributed by atoms with Gasteiger partial charge < -0.3 is 10.1 Å². The summed E-state index contributed by atoms with van der Waals surface area (Å²) >= 11 is 1.64. The Morgan fingerprint density at radius 3 is 2.17 bits per heavy atom. The first kappa shape index (κ1) is 20.5. The number of anilines is 1. The Morgan fingerprint density at radius 1 is 0.793 bits per heavy atom. The first-order valence-corrected chi connectivity index (χ1v) is 10.5. The molecule has 1 N–H and O–H groups in total. The molecule has 4 aromatic carbocycles. The fraction of sp³-hybridized carbons (Fsp3) is 0.0800. The van der Waals surface area contributed by atoms with Crippen molar-refractivity contribution < 1.29 is 9.53 Å². The van der Waals surface area contributed by atoms with E-state index in [1.807, 2.05) is 109 Å². The molecule has 0 unspecified atom stereocenters. The van der Waals surface area contributed by atoms with Gasteiger partial charge in [0.1, 0.15) is 5.75 Å². The Hall–Kier alpha value is -3.24. The number of benzene rings is 4. The Kier molecular flexibility index (Phi) is 7.72. The standard InChI is InChI=1S/C19H17NO2S.C6H6/c1-23-18-8-4-7-16(12-18)20-19(21)13-22-17-10-9-14-5-2-3-6-15(14)11-17;1-2-4-6-5-3-1/h2-12H,13H2,1H3,(H,20,21);1-6H. The number of rotatable bonds is 5. The number of ether oxygens (including phenoxy) is 1. The summed E-state index contributed by atoms with van der Waals surface area (Å²) in [5.74, 6) is 0.521. The molecule has 0 aromatic heterocycles. The van der Waals surface area contributed by atoms with Crippen LogP contribution >= 0.6 is 11.8 Å². The number of thioether (sulfide) groups is 1. The number of hydrogen-bond donors (Lipinski definition) is 1. The molecule has 146 valence electrons. The van der Waals surface area contributed by atoms with Crippen LogP contribution in [0.1, 0.15) is 0 Å². The fourth-order valence-corrected chi connectivity index (χ4v) is 3.15. The lowest BCUT2D eigenvalue weighted by Gasteiger charge is -2.09. The van der Waals surface area contributed by atoms with E-state index in [-0.39, 0.29) is 12.5 Å². The molecule has 0 bridgehead atoms. The summed E-state index contributed by atoms with van der Waals surface area (Å²) in [5.41, 5.74) is 0.781. The van der Waals surface area contributed by atoms with E-state index in [0.29, 0.717) is 5.75 Å². The molecule has 0 aliphatic carbocycles. The zero-order valence-electron chi connectivity index (χ0n) is 16.2. The number of hydrogen-bond acceptors (Lipinski definition) is 3. The zero-order valence-corrected chi connectivity index (χ0v) is 17.1. The van der Waals surface area contributed by atoms with Crippen molar-refractivity contribution in [3.63, 3.8) is 0 Å². The molecule has 0 saturated carbocycles. The van der Waals surface area contributed by atoms with E-state index in [1.165, 1.54) is 0 Å². The maximum Gasteiger partial charge on any atom is 0.262 e. The minimum absolute atomic E-state index is 0.0121. The van der Waals surface area contributed by atoms with Crippen molar-refractivity contribution in [3.8, 4) is 5.75 Å². The average Bonchev–Trinajstić information content (AvgIpc) is 2.79. The lowest BCUT2D eigenvalue weighted by atomic mass is 10.1. The molecule has 29 heavy (non-hydrogen) atoms. The van der Waals surface area contributed by atoms with Crippen molar-refractivity contribution in [1.29, 1.82) is 0 Å². The van der Waals surface area contributed by atoms with Crippen LogP contribution in [0.2, 0.25) is 0 Å². The topological polar surface area (TPSA) is 38.3 Å². The summed E-state index contributed by atoms with van der Waals surface area (Å²) in [4.78, 5) is 13.1. The van der Waals surface area contributed by atoms with Gasteiger partial charge in [-0.25, -0.2) is 0 Å². The second-order valence-corrected chi connectivity index (χ2v) is 7.11. The highest BCUT2D eigenvalue weighted by Crippen LogP contribution is 2.21. The molecule has 0 atom stereocenters. The Balaban J connectivity index is 0.000000343. The first-order chi connectivity index (χ1) is 14.2. The van der Waals surface area contributed by atoms with E-state index in [9.17, 15) is 4.79 Å². The molecule has 0 saturated heterocycles. The highest BCUT2D eigenvalue weighted by atomic mass is 32.2. The Morgan fingerprint density at radius 2 is 1.48 bits per heavy atom. The molecule has 4 heteroatoms. The number of amides is 1. The molecular weight excluding hydrogens is 378 g/mol. The van der Waals surface area contributed by atoms with E-state index in [2.05, 4.69) is 5.32 Å². The van der Waals surface area contributed by atoms with Gasteiger partial charge in [0, 0.05) is 10.6 Å². The number of carbonyl (C=O) groups excluding carboxylic acids is 1. The van der Waals surface area contributed by atoms with Gasteiger partial charge in [0.15, 0.2) is 6.61 Å². The molecule has 0 fully saturated rings. The van der Waals surface area contributed by atoms with Crippen molar-refractivity contribution >= 4 is 34.1 Å². The monoisotopic (exact) mass is 401 g/mol. The lowest BCUT2D eigenvalue weighted by molar-refractivity contribution is -0.118. The molecular formula is C25H23NO2S. The van der Waals surface area contributed by atoms with Crippen LogP contribution in [0.4, 0.5) is 5.69 Å². The van der Waals surface area contributed by atoms with Crippen molar-refractivity contribution in [2.24, 2.45) is 0 Å². The van der Waals surface area contributed by atoms with Crippen LogP contribution in [0.3, 0.4) is 0 Å². The van der Waals surface area contributed by atoms with Crippen molar-refractivity contribution in [1.82, 2.24) is 0 Å². The molecule has 4 rings (SSSR count). The largest absolute Gasteiger partial charge is 0.484 e. The minimum atomic E-state index is -0.170. The molecule has 0 radical (unpaired) electrons. The number of carbonyl (C=O) groups is 1. The third kappa shape index (κ3) is 6.70. The van der Waals surface area contributed by atoms with Gasteiger partial charge in [-0.2, -0.15) is 0 Å². The van der Waals surface area contributed by atoms with Crippen LogP contribution in [0.15, 0.2) is 108 Å². The molecule has 0 aliphatic rings. The predicted octanol–water partition coefficient (Wildman–Crippen LogP) is 6.27. The Labute approximate surface area is 175 Å². The molecule has 0 spiro atoms. The van der Waals surface area contributed by atoms with Gasteiger partial charge in [-0.1, -0.05) is 72.8 Å². The summed E-state index contributed by atoms with van der Waals surface area (Å²) in [6.45, 7) is -0.0121. The lowest BCUT2D eigenvalue weighted by Crippen LogP contribution is -2.20. The van der Waals surface area contributed by atoms with Gasteiger partial charge in [-0.3, -0.25) is 4.79 Å². The third-order valence-corrected chi connectivity index (χ3v) is 4.84. The van der Waals surface area contributed by atoms with E-state index < -0.39 is 0 Å². The van der Waals surface area contributed by atoms with E-state index in [4.69, 9.17) is 4.74 Å². The predicted molar refractivity (Wildman–Crippen MR) is 123 cm³/mol. The highest BCUT2D eigenvalue weighted by Gasteiger charge is 2.05. The van der Waals surface area contributed by atoms with Crippen LogP contribution in [0, 0.1) is 0 Å². The van der Waals surface area contributed by atoms with Crippen molar-refractivity contribution in [3.05, 3.63) is 103 Å². The van der Waals surface area contributed by atoms with E-state index in [1.54, 1.807) is 11.8 Å². The normalized spacial score (nSPS) is 9.97. The Bertz CT molecular complexity index is 1020. The van der Waals surface area contributed by atoms with Gasteiger partial charge in [0.2, 0.25) is 0 Å². The van der Waals surface area contributed by atoms with Gasteiger partial charge in [0.05, 0.1) is 0 Å².